The standard InChI is InChI=1S/C25H34N2O3/c1-25(2,3)30-24(29)26-13-11-18(12-14-26)15-23(28)27-21-9-10-22(27)17-20(16-21)19-7-5-4-6-8-19/h4-8,15,20-22H,9-14,16-17H2,1-3H3/t20?,21-,22+. The van der Waals surface area contributed by atoms with Gasteiger partial charge in [-0.2, -0.15) is 0 Å². The molecule has 3 heterocycles. The van der Waals surface area contributed by atoms with E-state index in [1.165, 1.54) is 5.56 Å². The molecule has 5 heteroatoms. The van der Waals surface area contributed by atoms with Crippen LogP contribution < -0.4 is 0 Å². The van der Waals surface area contributed by atoms with Gasteiger partial charge in [-0.25, -0.2) is 4.79 Å². The molecular weight excluding hydrogens is 376 g/mol. The molecule has 0 aromatic heterocycles. The summed E-state index contributed by atoms with van der Waals surface area (Å²) in [5.41, 5.74) is 2.09. The van der Waals surface area contributed by atoms with E-state index in [1.807, 2.05) is 26.8 Å². The third-order valence-corrected chi connectivity index (χ3v) is 6.64. The minimum absolute atomic E-state index is 0.176. The molecule has 0 aliphatic carbocycles. The van der Waals surface area contributed by atoms with Gasteiger partial charge in [0.1, 0.15) is 5.60 Å². The lowest BCUT2D eigenvalue weighted by Gasteiger charge is -2.39. The van der Waals surface area contributed by atoms with Crippen LogP contribution in [0.1, 0.15) is 70.8 Å². The maximum absolute atomic E-state index is 13.1. The molecule has 3 atom stereocenters. The van der Waals surface area contributed by atoms with Crippen LogP contribution in [-0.2, 0) is 9.53 Å². The quantitative estimate of drug-likeness (QED) is 0.653. The smallest absolute Gasteiger partial charge is 0.410 e. The van der Waals surface area contributed by atoms with E-state index < -0.39 is 5.60 Å². The number of ether oxygens (including phenoxy) is 1. The van der Waals surface area contributed by atoms with E-state index in [2.05, 4.69) is 35.2 Å². The first-order chi connectivity index (χ1) is 14.3. The Hall–Kier alpha value is -2.30. The van der Waals surface area contributed by atoms with Gasteiger partial charge in [-0.3, -0.25) is 4.79 Å². The van der Waals surface area contributed by atoms with E-state index in [4.69, 9.17) is 4.74 Å². The SMILES string of the molecule is CC(C)(C)OC(=O)N1CCC(=CC(=O)N2[C@@H]3CC[C@H]2CC(c2ccccc2)C3)CC1. The summed E-state index contributed by atoms with van der Waals surface area (Å²) in [6, 6.07) is 11.5. The van der Waals surface area contributed by atoms with E-state index in [1.54, 1.807) is 4.90 Å². The minimum Gasteiger partial charge on any atom is -0.444 e. The zero-order chi connectivity index (χ0) is 21.3. The predicted octanol–water partition coefficient (Wildman–Crippen LogP) is 4.88. The Labute approximate surface area is 180 Å². The summed E-state index contributed by atoms with van der Waals surface area (Å²) in [5.74, 6) is 0.743. The van der Waals surface area contributed by atoms with E-state index in [0.717, 1.165) is 44.1 Å². The van der Waals surface area contributed by atoms with Gasteiger partial charge in [-0.1, -0.05) is 35.9 Å². The van der Waals surface area contributed by atoms with Crippen LogP contribution in [0.4, 0.5) is 4.79 Å². The van der Waals surface area contributed by atoms with Crippen molar-refractivity contribution in [2.45, 2.75) is 82.9 Å². The first kappa shape index (κ1) is 21.0. The summed E-state index contributed by atoms with van der Waals surface area (Å²) >= 11 is 0. The van der Waals surface area contributed by atoms with Crippen molar-refractivity contribution in [3.63, 3.8) is 0 Å². The highest BCUT2D eigenvalue weighted by molar-refractivity contribution is 5.89. The van der Waals surface area contributed by atoms with Gasteiger partial charge < -0.3 is 14.5 Å². The number of carbonyl (C=O) groups excluding carboxylic acids is 2. The van der Waals surface area contributed by atoms with Gasteiger partial charge in [-0.05, 0) is 70.8 Å². The highest BCUT2D eigenvalue weighted by atomic mass is 16.6. The van der Waals surface area contributed by atoms with E-state index in [-0.39, 0.29) is 12.0 Å². The number of rotatable bonds is 2. The molecule has 2 bridgehead atoms. The molecule has 2 amide bonds. The Morgan fingerprint density at radius 3 is 2.17 bits per heavy atom. The lowest BCUT2D eigenvalue weighted by atomic mass is 9.85. The van der Waals surface area contributed by atoms with Crippen molar-refractivity contribution in [2.24, 2.45) is 0 Å². The Morgan fingerprint density at radius 2 is 1.60 bits per heavy atom. The van der Waals surface area contributed by atoms with Gasteiger partial charge in [-0.15, -0.1) is 0 Å². The number of nitrogens with zero attached hydrogens (tertiary/aromatic N) is 2. The molecule has 0 spiro atoms. The highest BCUT2D eigenvalue weighted by Crippen LogP contribution is 2.43. The molecule has 3 aliphatic rings. The van der Waals surface area contributed by atoms with E-state index in [0.29, 0.717) is 31.1 Å². The molecule has 1 aromatic rings. The van der Waals surface area contributed by atoms with Crippen LogP contribution in [0.3, 0.4) is 0 Å². The molecule has 4 rings (SSSR count). The van der Waals surface area contributed by atoms with Crippen LogP contribution >= 0.6 is 0 Å². The summed E-state index contributed by atoms with van der Waals surface area (Å²) in [4.78, 5) is 29.3. The monoisotopic (exact) mass is 410 g/mol. The van der Waals surface area contributed by atoms with Gasteiger partial charge in [0.2, 0.25) is 5.91 Å². The lowest BCUT2D eigenvalue weighted by Crippen LogP contribution is -2.45. The van der Waals surface area contributed by atoms with Crippen molar-refractivity contribution < 1.29 is 14.3 Å². The van der Waals surface area contributed by atoms with Crippen LogP contribution in [0, 0.1) is 0 Å². The second kappa shape index (κ2) is 8.44. The molecule has 3 fully saturated rings. The summed E-state index contributed by atoms with van der Waals surface area (Å²) < 4.78 is 5.46. The topological polar surface area (TPSA) is 49.9 Å². The number of benzene rings is 1. The van der Waals surface area contributed by atoms with Crippen LogP contribution in [0.5, 0.6) is 0 Å². The fourth-order valence-electron chi connectivity index (χ4n) is 5.23. The van der Waals surface area contributed by atoms with E-state index >= 15 is 0 Å². The van der Waals surface area contributed by atoms with Crippen molar-refractivity contribution in [1.29, 1.82) is 0 Å². The first-order valence-electron chi connectivity index (χ1n) is 11.3. The Kier molecular flexibility index (Phi) is 5.90. The molecule has 0 radical (unpaired) electrons. The Morgan fingerprint density at radius 1 is 1.00 bits per heavy atom. The van der Waals surface area contributed by atoms with Crippen LogP contribution in [-0.4, -0.2) is 52.6 Å². The maximum Gasteiger partial charge on any atom is 0.410 e. The molecule has 5 nitrogen and oxygen atoms in total. The fourth-order valence-corrected chi connectivity index (χ4v) is 5.23. The average Bonchev–Trinajstić information content (AvgIpc) is 2.97. The number of carbonyl (C=O) groups is 2. The third-order valence-electron chi connectivity index (χ3n) is 6.64. The van der Waals surface area contributed by atoms with Gasteiger partial charge in [0, 0.05) is 31.2 Å². The number of amides is 2. The van der Waals surface area contributed by atoms with Gasteiger partial charge in [0.25, 0.3) is 0 Å². The van der Waals surface area contributed by atoms with Crippen LogP contribution in [0.25, 0.3) is 0 Å². The summed E-state index contributed by atoms with van der Waals surface area (Å²) in [7, 11) is 0. The number of piperidine rings is 2. The molecule has 1 aromatic carbocycles. The van der Waals surface area contributed by atoms with Gasteiger partial charge in [0.05, 0.1) is 0 Å². The predicted molar refractivity (Wildman–Crippen MR) is 117 cm³/mol. The summed E-state index contributed by atoms with van der Waals surface area (Å²) in [6.07, 6.45) is 7.49. The largest absolute Gasteiger partial charge is 0.444 e. The highest BCUT2D eigenvalue weighted by Gasteiger charge is 2.43. The summed E-state index contributed by atoms with van der Waals surface area (Å²) in [5, 5.41) is 0. The molecule has 0 saturated carbocycles. The third kappa shape index (κ3) is 4.71. The number of likely N-dealkylation sites (tertiary alicyclic amines) is 1. The maximum atomic E-state index is 13.1. The fraction of sp³-hybridized carbons (Fsp3) is 0.600. The second-order valence-electron chi connectivity index (χ2n) is 9.98. The minimum atomic E-state index is -0.478. The van der Waals surface area contributed by atoms with Crippen LogP contribution in [0.2, 0.25) is 0 Å². The molecule has 162 valence electrons. The second-order valence-corrected chi connectivity index (χ2v) is 9.98. The summed E-state index contributed by atoms with van der Waals surface area (Å²) in [6.45, 7) is 6.89. The number of fused-ring (bicyclic) bond motifs is 2. The lowest BCUT2D eigenvalue weighted by molar-refractivity contribution is -0.130. The molecule has 3 aliphatic heterocycles. The molecule has 1 unspecified atom stereocenters. The van der Waals surface area contributed by atoms with Crippen molar-refractivity contribution in [3.05, 3.63) is 47.5 Å². The van der Waals surface area contributed by atoms with Crippen molar-refractivity contribution in [2.75, 3.05) is 13.1 Å². The van der Waals surface area contributed by atoms with Gasteiger partial charge in [0.15, 0.2) is 0 Å². The normalized spacial score (nSPS) is 26.5. The molecule has 3 saturated heterocycles. The molecular formula is C25H34N2O3. The van der Waals surface area contributed by atoms with Crippen molar-refractivity contribution in [1.82, 2.24) is 9.80 Å². The number of hydrogen-bond donors (Lipinski definition) is 0. The molecule has 30 heavy (non-hydrogen) atoms. The molecule has 0 N–H and O–H groups in total. The average molecular weight is 411 g/mol. The Bertz CT molecular complexity index is 787. The van der Waals surface area contributed by atoms with Gasteiger partial charge >= 0.3 is 6.09 Å². The first-order valence-corrected chi connectivity index (χ1v) is 11.3. The van der Waals surface area contributed by atoms with E-state index in [9.17, 15) is 9.59 Å². The zero-order valence-electron chi connectivity index (χ0n) is 18.5. The zero-order valence-corrected chi connectivity index (χ0v) is 18.5. The number of hydrogen-bond acceptors (Lipinski definition) is 3. The Balaban J connectivity index is 1.34. The van der Waals surface area contributed by atoms with Crippen LogP contribution in [0.15, 0.2) is 42.0 Å². The van der Waals surface area contributed by atoms with Crippen molar-refractivity contribution >= 4 is 12.0 Å². The van der Waals surface area contributed by atoms with Crippen molar-refractivity contribution in [3.8, 4) is 0 Å².